The first-order chi connectivity index (χ1) is 6.07. The summed E-state index contributed by atoms with van der Waals surface area (Å²) in [6, 6.07) is 1.94. The second kappa shape index (κ2) is 3.23. The van der Waals surface area contributed by atoms with Gasteiger partial charge in [-0.3, -0.25) is 14.8 Å². The Hall–Kier alpha value is -1.90. The number of aryl methyl sites for hydroxylation is 1. The predicted octanol–water partition coefficient (Wildman–Crippen LogP) is 0.955. The molecule has 6 heteroatoms. The van der Waals surface area contributed by atoms with E-state index < -0.39 is 10.8 Å². The molecule has 13 heavy (non-hydrogen) atoms. The lowest BCUT2D eigenvalue weighted by molar-refractivity contribution is -0.385. The highest BCUT2D eigenvalue weighted by atomic mass is 16.6. The van der Waals surface area contributed by atoms with Gasteiger partial charge in [0.1, 0.15) is 11.9 Å². The number of hydrogen-bond acceptors (Lipinski definition) is 4. The highest BCUT2D eigenvalue weighted by molar-refractivity contribution is 5.37. The number of hydrogen-bond donors (Lipinski definition) is 0. The molecule has 1 rings (SSSR count). The van der Waals surface area contributed by atoms with Gasteiger partial charge in [-0.25, -0.2) is 0 Å². The molecular weight excluding hydrogens is 172 g/mol. The van der Waals surface area contributed by atoms with Crippen molar-refractivity contribution in [3.63, 3.8) is 0 Å². The van der Waals surface area contributed by atoms with Gasteiger partial charge < -0.3 is 0 Å². The zero-order chi connectivity index (χ0) is 10.0. The molecule has 1 aromatic heterocycles. The molecule has 0 aromatic carbocycles. The Balaban J connectivity index is 3.25. The molecular formula is C7H8N4O2. The molecule has 1 unspecified atom stereocenters. The van der Waals surface area contributed by atoms with E-state index >= 15 is 0 Å². The van der Waals surface area contributed by atoms with Crippen molar-refractivity contribution in [2.45, 2.75) is 12.8 Å². The highest BCUT2D eigenvalue weighted by Gasteiger charge is 2.23. The van der Waals surface area contributed by atoms with E-state index in [0.29, 0.717) is 5.69 Å². The van der Waals surface area contributed by atoms with Crippen molar-refractivity contribution in [3.05, 3.63) is 22.0 Å². The van der Waals surface area contributed by atoms with Crippen molar-refractivity contribution in [1.29, 1.82) is 5.26 Å². The maximum Gasteiger partial charge on any atom is 0.311 e. The van der Waals surface area contributed by atoms with Crippen LogP contribution < -0.4 is 0 Å². The molecule has 0 aliphatic carbocycles. The van der Waals surface area contributed by atoms with E-state index in [1.54, 1.807) is 14.0 Å². The van der Waals surface area contributed by atoms with Crippen molar-refractivity contribution in [3.8, 4) is 6.07 Å². The minimum absolute atomic E-state index is 0.100. The molecule has 1 heterocycles. The van der Waals surface area contributed by atoms with Crippen LogP contribution in [0.5, 0.6) is 0 Å². The van der Waals surface area contributed by atoms with E-state index in [0.717, 1.165) is 6.20 Å². The normalized spacial score (nSPS) is 12.1. The van der Waals surface area contributed by atoms with E-state index in [1.165, 1.54) is 4.68 Å². The first-order valence-electron chi connectivity index (χ1n) is 3.63. The standard InChI is InChI=1S/C7H8N4O2/c1-5(3-8)7-6(11(12)13)4-9-10(7)2/h4-5H,1-2H3. The smallest absolute Gasteiger partial charge is 0.264 e. The van der Waals surface area contributed by atoms with Crippen LogP contribution in [0.15, 0.2) is 6.20 Å². The third kappa shape index (κ3) is 1.49. The number of aromatic nitrogens is 2. The molecule has 6 nitrogen and oxygen atoms in total. The van der Waals surface area contributed by atoms with Crippen LogP contribution in [0.25, 0.3) is 0 Å². The lowest BCUT2D eigenvalue weighted by Crippen LogP contribution is -2.03. The van der Waals surface area contributed by atoms with Crippen LogP contribution in [-0.4, -0.2) is 14.7 Å². The van der Waals surface area contributed by atoms with E-state index in [-0.39, 0.29) is 5.69 Å². The molecule has 0 N–H and O–H groups in total. The lowest BCUT2D eigenvalue weighted by Gasteiger charge is -2.01. The van der Waals surface area contributed by atoms with Crippen LogP contribution in [0.4, 0.5) is 5.69 Å². The van der Waals surface area contributed by atoms with Gasteiger partial charge >= 0.3 is 5.69 Å². The van der Waals surface area contributed by atoms with E-state index in [1.807, 2.05) is 6.07 Å². The van der Waals surface area contributed by atoms with Crippen molar-refractivity contribution in [1.82, 2.24) is 9.78 Å². The van der Waals surface area contributed by atoms with Crippen molar-refractivity contribution in [2.75, 3.05) is 0 Å². The molecule has 0 fully saturated rings. The van der Waals surface area contributed by atoms with E-state index in [9.17, 15) is 10.1 Å². The lowest BCUT2D eigenvalue weighted by atomic mass is 10.1. The summed E-state index contributed by atoms with van der Waals surface area (Å²) >= 11 is 0. The Morgan fingerprint density at radius 1 is 1.85 bits per heavy atom. The minimum Gasteiger partial charge on any atom is -0.264 e. The molecule has 0 spiro atoms. The summed E-state index contributed by atoms with van der Waals surface area (Å²) in [6.07, 6.45) is 1.16. The molecule has 0 radical (unpaired) electrons. The topological polar surface area (TPSA) is 84.8 Å². The maximum absolute atomic E-state index is 10.5. The third-order valence-corrected chi connectivity index (χ3v) is 1.76. The van der Waals surface area contributed by atoms with E-state index in [4.69, 9.17) is 5.26 Å². The average molecular weight is 180 g/mol. The zero-order valence-corrected chi connectivity index (χ0v) is 7.26. The zero-order valence-electron chi connectivity index (χ0n) is 7.26. The fourth-order valence-corrected chi connectivity index (χ4v) is 1.14. The fraction of sp³-hybridized carbons (Fsp3) is 0.429. The Morgan fingerprint density at radius 3 is 2.92 bits per heavy atom. The Labute approximate surface area is 74.5 Å². The Morgan fingerprint density at radius 2 is 2.46 bits per heavy atom. The molecule has 0 amide bonds. The highest BCUT2D eigenvalue weighted by Crippen LogP contribution is 2.24. The summed E-state index contributed by atoms with van der Waals surface area (Å²) in [4.78, 5) is 9.97. The molecule has 0 saturated heterocycles. The molecule has 68 valence electrons. The van der Waals surface area contributed by atoms with Crippen molar-refractivity contribution < 1.29 is 4.92 Å². The van der Waals surface area contributed by atoms with E-state index in [2.05, 4.69) is 5.10 Å². The summed E-state index contributed by atoms with van der Waals surface area (Å²) in [5.41, 5.74) is 0.240. The summed E-state index contributed by atoms with van der Waals surface area (Å²) in [7, 11) is 1.58. The Kier molecular flexibility index (Phi) is 2.28. The van der Waals surface area contributed by atoms with Gasteiger partial charge in [0.15, 0.2) is 0 Å². The molecule has 0 aliphatic rings. The van der Waals surface area contributed by atoms with Gasteiger partial charge in [-0.2, -0.15) is 10.4 Å². The summed E-state index contributed by atoms with van der Waals surface area (Å²) in [5.74, 6) is -0.520. The molecule has 1 atom stereocenters. The van der Waals surface area contributed by atoms with Gasteiger partial charge in [0.2, 0.25) is 0 Å². The minimum atomic E-state index is -0.532. The predicted molar refractivity (Wildman–Crippen MR) is 43.9 cm³/mol. The van der Waals surface area contributed by atoms with Crippen LogP contribution in [0.3, 0.4) is 0 Å². The van der Waals surface area contributed by atoms with Gasteiger partial charge in [0.25, 0.3) is 0 Å². The van der Waals surface area contributed by atoms with Crippen LogP contribution in [0.2, 0.25) is 0 Å². The van der Waals surface area contributed by atoms with Crippen LogP contribution in [0, 0.1) is 21.4 Å². The monoisotopic (exact) mass is 180 g/mol. The van der Waals surface area contributed by atoms with Gasteiger partial charge in [-0.1, -0.05) is 0 Å². The van der Waals surface area contributed by atoms with Gasteiger partial charge in [-0.05, 0) is 6.92 Å². The SMILES string of the molecule is CC(C#N)c1c([N+](=O)[O-])cnn1C. The second-order valence-corrected chi connectivity index (χ2v) is 2.65. The molecule has 0 bridgehead atoms. The first-order valence-corrected chi connectivity index (χ1v) is 3.63. The van der Waals surface area contributed by atoms with Crippen LogP contribution in [-0.2, 0) is 7.05 Å². The third-order valence-electron chi connectivity index (χ3n) is 1.76. The van der Waals surface area contributed by atoms with Gasteiger partial charge in [-0.15, -0.1) is 0 Å². The number of nitriles is 1. The quantitative estimate of drug-likeness (QED) is 0.501. The first kappa shape index (κ1) is 9.19. The maximum atomic E-state index is 10.5. The summed E-state index contributed by atoms with van der Waals surface area (Å²) in [5, 5.41) is 22.9. The number of nitro groups is 1. The van der Waals surface area contributed by atoms with Crippen molar-refractivity contribution >= 4 is 5.69 Å². The van der Waals surface area contributed by atoms with Crippen molar-refractivity contribution in [2.24, 2.45) is 7.05 Å². The van der Waals surface area contributed by atoms with Crippen LogP contribution in [0.1, 0.15) is 18.5 Å². The number of rotatable bonds is 2. The Bertz CT molecular complexity index is 376. The molecule has 0 aliphatic heterocycles. The summed E-state index contributed by atoms with van der Waals surface area (Å²) < 4.78 is 1.35. The fourth-order valence-electron chi connectivity index (χ4n) is 1.14. The molecule has 0 saturated carbocycles. The second-order valence-electron chi connectivity index (χ2n) is 2.65. The number of nitrogens with zero attached hydrogens (tertiary/aromatic N) is 4. The summed E-state index contributed by atoms with van der Waals surface area (Å²) in [6.45, 7) is 1.60. The molecule has 1 aromatic rings. The van der Waals surface area contributed by atoms with Gasteiger partial charge in [0.05, 0.1) is 16.9 Å². The largest absolute Gasteiger partial charge is 0.311 e. The van der Waals surface area contributed by atoms with Crippen LogP contribution >= 0.6 is 0 Å². The average Bonchev–Trinajstić information content (AvgIpc) is 2.46. The van der Waals surface area contributed by atoms with Gasteiger partial charge in [0, 0.05) is 7.05 Å².